The highest BCUT2D eigenvalue weighted by Crippen LogP contribution is 2.27. The summed E-state index contributed by atoms with van der Waals surface area (Å²) in [6.07, 6.45) is 2.19. The molecule has 0 spiro atoms. The average Bonchev–Trinajstić information content (AvgIpc) is 2.27. The van der Waals surface area contributed by atoms with E-state index in [0.29, 0.717) is 11.8 Å². The van der Waals surface area contributed by atoms with E-state index >= 15 is 0 Å². The summed E-state index contributed by atoms with van der Waals surface area (Å²) in [6, 6.07) is 0. The van der Waals surface area contributed by atoms with Gasteiger partial charge in [0.05, 0.1) is 10.2 Å². The van der Waals surface area contributed by atoms with Gasteiger partial charge in [0.1, 0.15) is 0 Å². The van der Waals surface area contributed by atoms with Crippen LogP contribution in [0.2, 0.25) is 5.02 Å². The quantitative estimate of drug-likeness (QED) is 0.727. The topological polar surface area (TPSA) is 0 Å². The van der Waals surface area contributed by atoms with Crippen LogP contribution in [0.25, 0.3) is 0 Å². The molecule has 0 bridgehead atoms. The first-order chi connectivity index (χ1) is 8.25. The first-order valence-electron chi connectivity index (χ1n) is 6.77. The summed E-state index contributed by atoms with van der Waals surface area (Å²) in [6.45, 7) is 13.4. The minimum atomic E-state index is 0.643. The van der Waals surface area contributed by atoms with Crippen molar-refractivity contribution in [3.63, 3.8) is 0 Å². The third-order valence-corrected chi connectivity index (χ3v) is 4.62. The molecule has 0 aliphatic carbocycles. The lowest BCUT2D eigenvalue weighted by Crippen LogP contribution is -2.20. The second-order valence-electron chi connectivity index (χ2n) is 6.09. The highest BCUT2D eigenvalue weighted by Gasteiger charge is 2.17. The van der Waals surface area contributed by atoms with Crippen LogP contribution >= 0.6 is 11.6 Å². The van der Waals surface area contributed by atoms with Crippen LogP contribution in [0.5, 0.6) is 0 Å². The fourth-order valence-corrected chi connectivity index (χ4v) is 3.19. The van der Waals surface area contributed by atoms with Crippen LogP contribution in [0.1, 0.15) is 49.9 Å². The summed E-state index contributed by atoms with van der Waals surface area (Å²) < 4.78 is 0. The van der Waals surface area contributed by atoms with Crippen molar-refractivity contribution in [2.45, 2.75) is 54.4 Å². The smallest absolute Gasteiger partial charge is 0.0737 e. The molecule has 3 radical (unpaired) electrons. The molecule has 2 heteroatoms. The molecule has 0 aromatic heterocycles. The van der Waals surface area contributed by atoms with E-state index in [9.17, 15) is 0 Å². The molecule has 1 aromatic carbocycles. The van der Waals surface area contributed by atoms with Crippen LogP contribution in [0.3, 0.4) is 0 Å². The molecule has 1 rings (SSSR count). The monoisotopic (exact) mass is 279 g/mol. The van der Waals surface area contributed by atoms with Gasteiger partial charge in [-0.25, -0.2) is 0 Å². The Labute approximate surface area is 121 Å². The largest absolute Gasteiger partial charge is 0.0842 e. The SMILES string of the molecule is Cc1c(Cl)c([Si])c(CC(C)C)c(C)c1CC(C)C. The molecule has 0 fully saturated rings. The average molecular weight is 280 g/mol. The molecule has 18 heavy (non-hydrogen) atoms. The van der Waals surface area contributed by atoms with E-state index in [-0.39, 0.29) is 0 Å². The zero-order chi connectivity index (χ0) is 14.0. The van der Waals surface area contributed by atoms with Gasteiger partial charge < -0.3 is 0 Å². The number of hydrogen-bond donors (Lipinski definition) is 0. The normalized spacial score (nSPS) is 11.7. The molecular weight excluding hydrogens is 256 g/mol. The molecule has 0 unspecified atom stereocenters. The van der Waals surface area contributed by atoms with Crippen LogP contribution in [-0.4, -0.2) is 10.2 Å². The van der Waals surface area contributed by atoms with Crippen molar-refractivity contribution >= 4 is 27.0 Å². The van der Waals surface area contributed by atoms with E-state index in [2.05, 4.69) is 51.8 Å². The fourth-order valence-electron chi connectivity index (χ4n) is 2.48. The first-order valence-corrected chi connectivity index (χ1v) is 7.65. The minimum Gasteiger partial charge on any atom is -0.0842 e. The highest BCUT2D eigenvalue weighted by atomic mass is 35.5. The Kier molecular flexibility index (Phi) is 5.48. The third-order valence-electron chi connectivity index (χ3n) is 3.43. The summed E-state index contributed by atoms with van der Waals surface area (Å²) in [5, 5.41) is 1.98. The van der Waals surface area contributed by atoms with Crippen molar-refractivity contribution in [3.05, 3.63) is 27.3 Å². The molecule has 0 saturated heterocycles. The standard InChI is InChI=1S/C16H24ClSi/c1-9(2)7-13-11(5)14(8-10(3)4)16(18)15(17)12(13)6/h9-10H,7-8H2,1-6H3. The Morgan fingerprint density at radius 3 is 1.78 bits per heavy atom. The van der Waals surface area contributed by atoms with Gasteiger partial charge in [0.2, 0.25) is 0 Å². The van der Waals surface area contributed by atoms with E-state index < -0.39 is 0 Å². The zero-order valence-electron chi connectivity index (χ0n) is 12.4. The summed E-state index contributed by atoms with van der Waals surface area (Å²) in [4.78, 5) is 0. The number of benzene rings is 1. The van der Waals surface area contributed by atoms with Gasteiger partial charge in [0.15, 0.2) is 0 Å². The predicted molar refractivity (Wildman–Crippen MR) is 83.4 cm³/mol. The lowest BCUT2D eigenvalue weighted by Gasteiger charge is -2.22. The maximum atomic E-state index is 6.48. The van der Waals surface area contributed by atoms with Crippen molar-refractivity contribution in [3.8, 4) is 0 Å². The molecule has 0 heterocycles. The van der Waals surface area contributed by atoms with Gasteiger partial charge in [-0.15, -0.1) is 0 Å². The Hall–Kier alpha value is -0.273. The number of halogens is 1. The summed E-state index contributed by atoms with van der Waals surface area (Å²) in [7, 11) is 3.73. The molecule has 0 aliphatic heterocycles. The van der Waals surface area contributed by atoms with Crippen molar-refractivity contribution in [1.82, 2.24) is 0 Å². The molecule has 0 saturated carbocycles. The number of hydrogen-bond acceptors (Lipinski definition) is 0. The Balaban J connectivity index is 3.39. The Morgan fingerprint density at radius 2 is 1.33 bits per heavy atom. The summed E-state index contributed by atoms with van der Waals surface area (Å²) in [5.41, 5.74) is 5.48. The van der Waals surface area contributed by atoms with Crippen LogP contribution in [0.15, 0.2) is 0 Å². The van der Waals surface area contributed by atoms with Gasteiger partial charge in [-0.1, -0.05) is 39.3 Å². The van der Waals surface area contributed by atoms with Crippen molar-refractivity contribution in [2.24, 2.45) is 11.8 Å². The third kappa shape index (κ3) is 3.39. The Morgan fingerprint density at radius 1 is 0.889 bits per heavy atom. The van der Waals surface area contributed by atoms with Crippen molar-refractivity contribution in [1.29, 1.82) is 0 Å². The van der Waals surface area contributed by atoms with Gasteiger partial charge >= 0.3 is 0 Å². The van der Waals surface area contributed by atoms with Gasteiger partial charge in [-0.3, -0.25) is 0 Å². The van der Waals surface area contributed by atoms with E-state index in [4.69, 9.17) is 11.6 Å². The number of rotatable bonds is 4. The van der Waals surface area contributed by atoms with Crippen LogP contribution < -0.4 is 5.19 Å². The van der Waals surface area contributed by atoms with E-state index in [1.807, 2.05) is 0 Å². The lowest BCUT2D eigenvalue weighted by molar-refractivity contribution is 0.631. The van der Waals surface area contributed by atoms with Crippen LogP contribution in [-0.2, 0) is 12.8 Å². The maximum Gasteiger partial charge on any atom is 0.0737 e. The molecule has 0 amide bonds. The van der Waals surface area contributed by atoms with Crippen LogP contribution in [0, 0.1) is 25.7 Å². The molecule has 0 N–H and O–H groups in total. The van der Waals surface area contributed by atoms with Crippen LogP contribution in [0.4, 0.5) is 0 Å². The maximum absolute atomic E-state index is 6.48. The molecule has 0 atom stereocenters. The van der Waals surface area contributed by atoms with E-state index in [1.165, 1.54) is 22.3 Å². The van der Waals surface area contributed by atoms with Gasteiger partial charge in [0.25, 0.3) is 0 Å². The molecular formula is C16H24ClSi. The summed E-state index contributed by atoms with van der Waals surface area (Å²) in [5.74, 6) is 1.30. The lowest BCUT2D eigenvalue weighted by atomic mass is 9.88. The van der Waals surface area contributed by atoms with Gasteiger partial charge in [-0.05, 0) is 66.0 Å². The van der Waals surface area contributed by atoms with Crippen molar-refractivity contribution < 1.29 is 0 Å². The van der Waals surface area contributed by atoms with Gasteiger partial charge in [0, 0.05) is 5.02 Å². The summed E-state index contributed by atoms with van der Waals surface area (Å²) >= 11 is 6.48. The van der Waals surface area contributed by atoms with Crippen molar-refractivity contribution in [2.75, 3.05) is 0 Å². The Bertz CT molecular complexity index is 396. The predicted octanol–water partition coefficient (Wildman–Crippen LogP) is 4.15. The van der Waals surface area contributed by atoms with E-state index in [0.717, 1.165) is 23.1 Å². The fraction of sp³-hybridized carbons (Fsp3) is 0.625. The second-order valence-corrected chi connectivity index (χ2v) is 6.97. The zero-order valence-corrected chi connectivity index (χ0v) is 14.2. The van der Waals surface area contributed by atoms with E-state index in [1.54, 1.807) is 0 Å². The minimum absolute atomic E-state index is 0.643. The first kappa shape index (κ1) is 15.8. The second kappa shape index (κ2) is 6.25. The molecule has 99 valence electrons. The molecule has 1 aromatic rings. The van der Waals surface area contributed by atoms with Gasteiger partial charge in [-0.2, -0.15) is 0 Å². The molecule has 0 nitrogen and oxygen atoms in total. The molecule has 0 aliphatic rings. The highest BCUT2D eigenvalue weighted by molar-refractivity contribution is 6.46.